The number of aliphatic carboxylic acids is 1. The van der Waals surface area contributed by atoms with Gasteiger partial charge in [-0.15, -0.1) is 0 Å². The maximum absolute atomic E-state index is 12.5. The third-order valence-corrected chi connectivity index (χ3v) is 2.15. The van der Waals surface area contributed by atoms with E-state index in [9.17, 15) is 18.7 Å². The van der Waals surface area contributed by atoms with Crippen molar-refractivity contribution < 1.29 is 23.8 Å². The molecule has 1 atom stereocenters. The summed E-state index contributed by atoms with van der Waals surface area (Å²) in [5.74, 6) is -2.14. The van der Waals surface area contributed by atoms with Crippen LogP contribution in [0, 0.1) is 6.92 Å². The van der Waals surface area contributed by atoms with Crippen LogP contribution >= 0.6 is 0 Å². The fraction of sp³-hybridized carbons (Fsp3) is 0.300. The highest BCUT2D eigenvalue weighted by atomic mass is 19.3. The van der Waals surface area contributed by atoms with Crippen molar-refractivity contribution >= 4 is 5.97 Å². The van der Waals surface area contributed by atoms with Crippen molar-refractivity contribution in [3.63, 3.8) is 0 Å². The number of carbonyl (C=O) groups is 1. The smallest absolute Gasteiger partial charge is 0.325 e. The van der Waals surface area contributed by atoms with Gasteiger partial charge in [0, 0.05) is 5.56 Å². The number of carboxylic acids is 1. The number of aromatic hydroxyl groups is 1. The summed E-state index contributed by atoms with van der Waals surface area (Å²) in [5, 5.41) is 18.1. The SMILES string of the molecule is Cc1cc(C(F)F)c(O)c(C(N)C(=O)O)c1. The van der Waals surface area contributed by atoms with Crippen molar-refractivity contribution in [1.29, 1.82) is 0 Å². The van der Waals surface area contributed by atoms with E-state index in [4.69, 9.17) is 10.8 Å². The maximum atomic E-state index is 12.5. The minimum atomic E-state index is -2.88. The summed E-state index contributed by atoms with van der Waals surface area (Å²) in [7, 11) is 0. The lowest BCUT2D eigenvalue weighted by Gasteiger charge is -2.13. The molecule has 1 rings (SSSR count). The van der Waals surface area contributed by atoms with E-state index in [2.05, 4.69) is 0 Å². The molecule has 1 aromatic carbocycles. The number of phenols is 1. The first-order valence-corrected chi connectivity index (χ1v) is 4.44. The summed E-state index contributed by atoms with van der Waals surface area (Å²) in [6.07, 6.45) is -2.88. The molecule has 0 aromatic heterocycles. The lowest BCUT2D eigenvalue weighted by atomic mass is 9.99. The van der Waals surface area contributed by atoms with Gasteiger partial charge in [0.1, 0.15) is 11.8 Å². The average molecular weight is 231 g/mol. The molecule has 16 heavy (non-hydrogen) atoms. The first kappa shape index (κ1) is 12.4. The second-order valence-electron chi connectivity index (χ2n) is 3.41. The molecule has 0 aliphatic heterocycles. The minimum Gasteiger partial charge on any atom is -0.507 e. The minimum absolute atomic E-state index is 0.206. The predicted molar refractivity (Wildman–Crippen MR) is 52.4 cm³/mol. The number of phenolic OH excluding ortho intramolecular Hbond substituents is 1. The highest BCUT2D eigenvalue weighted by Crippen LogP contribution is 2.34. The monoisotopic (exact) mass is 231 g/mol. The van der Waals surface area contributed by atoms with E-state index in [0.717, 1.165) is 6.07 Å². The summed E-state index contributed by atoms with van der Waals surface area (Å²) >= 11 is 0. The van der Waals surface area contributed by atoms with Gasteiger partial charge in [-0.05, 0) is 13.0 Å². The van der Waals surface area contributed by atoms with Crippen LogP contribution in [-0.2, 0) is 4.79 Å². The van der Waals surface area contributed by atoms with Gasteiger partial charge < -0.3 is 15.9 Å². The molecule has 0 saturated carbocycles. The largest absolute Gasteiger partial charge is 0.507 e. The van der Waals surface area contributed by atoms with Crippen LogP contribution in [0.1, 0.15) is 29.2 Å². The molecule has 6 heteroatoms. The molecule has 0 fully saturated rings. The summed E-state index contributed by atoms with van der Waals surface area (Å²) in [4.78, 5) is 10.6. The molecule has 88 valence electrons. The van der Waals surface area contributed by atoms with Crippen molar-refractivity contribution in [2.45, 2.75) is 19.4 Å². The number of aryl methyl sites for hydroxylation is 1. The first-order valence-electron chi connectivity index (χ1n) is 4.44. The van der Waals surface area contributed by atoms with Gasteiger partial charge in [-0.3, -0.25) is 4.79 Å². The van der Waals surface area contributed by atoms with Crippen molar-refractivity contribution in [2.24, 2.45) is 5.73 Å². The van der Waals surface area contributed by atoms with Crippen molar-refractivity contribution in [3.8, 4) is 5.75 Å². The van der Waals surface area contributed by atoms with E-state index < -0.39 is 29.7 Å². The number of benzene rings is 1. The molecule has 4 nitrogen and oxygen atoms in total. The van der Waals surface area contributed by atoms with Gasteiger partial charge in [-0.1, -0.05) is 11.6 Å². The second-order valence-corrected chi connectivity index (χ2v) is 3.41. The predicted octanol–water partition coefficient (Wildman–Crippen LogP) is 1.72. The van der Waals surface area contributed by atoms with Gasteiger partial charge in [0.15, 0.2) is 0 Å². The Hall–Kier alpha value is -1.69. The molecule has 0 amide bonds. The summed E-state index contributed by atoms with van der Waals surface area (Å²) in [6.45, 7) is 1.52. The van der Waals surface area contributed by atoms with Crippen LogP contribution in [0.15, 0.2) is 12.1 Å². The van der Waals surface area contributed by atoms with Crippen LogP contribution in [0.5, 0.6) is 5.75 Å². The Morgan fingerprint density at radius 3 is 2.31 bits per heavy atom. The Balaban J connectivity index is 3.35. The summed E-state index contributed by atoms with van der Waals surface area (Å²) in [5.41, 5.74) is 4.88. The zero-order valence-corrected chi connectivity index (χ0v) is 8.45. The molecule has 1 aromatic rings. The Labute approximate surface area is 90.3 Å². The lowest BCUT2D eigenvalue weighted by molar-refractivity contribution is -0.138. The average Bonchev–Trinajstić information content (AvgIpc) is 2.19. The highest BCUT2D eigenvalue weighted by molar-refractivity contribution is 5.76. The van der Waals surface area contributed by atoms with Crippen LogP contribution in [-0.4, -0.2) is 16.2 Å². The maximum Gasteiger partial charge on any atom is 0.325 e. The lowest BCUT2D eigenvalue weighted by Crippen LogP contribution is -2.21. The number of halogens is 2. The number of hydrogen-bond acceptors (Lipinski definition) is 3. The number of carboxylic acid groups (broad SMARTS) is 1. The molecule has 0 saturated heterocycles. The van der Waals surface area contributed by atoms with Crippen molar-refractivity contribution in [1.82, 2.24) is 0 Å². The van der Waals surface area contributed by atoms with Gasteiger partial charge in [0.25, 0.3) is 6.43 Å². The Kier molecular flexibility index (Phi) is 3.44. The van der Waals surface area contributed by atoms with E-state index in [1.807, 2.05) is 0 Å². The Bertz CT molecular complexity index is 421. The molecular formula is C10H11F2NO3. The van der Waals surface area contributed by atoms with Gasteiger partial charge in [0.05, 0.1) is 5.56 Å². The van der Waals surface area contributed by atoms with E-state index in [-0.39, 0.29) is 5.56 Å². The Morgan fingerprint density at radius 2 is 1.88 bits per heavy atom. The molecule has 0 aliphatic rings. The summed E-state index contributed by atoms with van der Waals surface area (Å²) in [6, 6.07) is 0.857. The molecule has 0 aliphatic carbocycles. The zero-order valence-electron chi connectivity index (χ0n) is 8.45. The van der Waals surface area contributed by atoms with Crippen molar-refractivity contribution in [3.05, 3.63) is 28.8 Å². The normalized spacial score (nSPS) is 12.8. The second kappa shape index (κ2) is 4.44. The van der Waals surface area contributed by atoms with E-state index in [1.165, 1.54) is 13.0 Å². The quantitative estimate of drug-likeness (QED) is 0.739. The molecule has 1 unspecified atom stereocenters. The van der Waals surface area contributed by atoms with Crippen LogP contribution in [0.4, 0.5) is 8.78 Å². The molecule has 0 heterocycles. The van der Waals surface area contributed by atoms with E-state index >= 15 is 0 Å². The molecular weight excluding hydrogens is 220 g/mol. The number of alkyl halides is 2. The van der Waals surface area contributed by atoms with E-state index in [1.54, 1.807) is 0 Å². The topological polar surface area (TPSA) is 83.5 Å². The molecule has 0 radical (unpaired) electrons. The molecule has 4 N–H and O–H groups in total. The third-order valence-electron chi connectivity index (χ3n) is 2.15. The molecule has 0 spiro atoms. The fourth-order valence-corrected chi connectivity index (χ4v) is 1.37. The Morgan fingerprint density at radius 1 is 1.38 bits per heavy atom. The van der Waals surface area contributed by atoms with Crippen LogP contribution in [0.3, 0.4) is 0 Å². The van der Waals surface area contributed by atoms with Crippen LogP contribution in [0.25, 0.3) is 0 Å². The van der Waals surface area contributed by atoms with Crippen molar-refractivity contribution in [2.75, 3.05) is 0 Å². The van der Waals surface area contributed by atoms with Gasteiger partial charge in [-0.2, -0.15) is 0 Å². The number of hydrogen-bond donors (Lipinski definition) is 3. The van der Waals surface area contributed by atoms with Gasteiger partial charge in [0.2, 0.25) is 0 Å². The molecule has 0 bridgehead atoms. The summed E-state index contributed by atoms with van der Waals surface area (Å²) < 4.78 is 25.0. The highest BCUT2D eigenvalue weighted by Gasteiger charge is 2.23. The van der Waals surface area contributed by atoms with Crippen LogP contribution in [0.2, 0.25) is 0 Å². The zero-order chi connectivity index (χ0) is 12.5. The number of rotatable bonds is 3. The first-order chi connectivity index (χ1) is 7.34. The fourth-order valence-electron chi connectivity index (χ4n) is 1.37. The van der Waals surface area contributed by atoms with Gasteiger partial charge >= 0.3 is 5.97 Å². The standard InChI is InChI=1S/C10H11F2NO3/c1-4-2-5(7(13)10(15)16)8(14)6(3-4)9(11)12/h2-3,7,9,14H,13H2,1H3,(H,15,16). The van der Waals surface area contributed by atoms with E-state index in [0.29, 0.717) is 5.56 Å². The van der Waals surface area contributed by atoms with Gasteiger partial charge in [-0.25, -0.2) is 8.78 Å². The number of nitrogens with two attached hydrogens (primary N) is 1. The third kappa shape index (κ3) is 2.27. The van der Waals surface area contributed by atoms with Crippen LogP contribution < -0.4 is 5.73 Å².